The summed E-state index contributed by atoms with van der Waals surface area (Å²) in [5.41, 5.74) is -0.875. The first kappa shape index (κ1) is 18.3. The fraction of sp³-hybridized carbons (Fsp3) is 0. The van der Waals surface area contributed by atoms with Crippen molar-refractivity contribution in [3.63, 3.8) is 0 Å². The molecule has 2 aromatic carbocycles. The fourth-order valence-corrected chi connectivity index (χ4v) is 2.58. The van der Waals surface area contributed by atoms with Gasteiger partial charge in [0.2, 0.25) is 0 Å². The van der Waals surface area contributed by atoms with Gasteiger partial charge in [-0.2, -0.15) is 0 Å². The van der Waals surface area contributed by atoms with Crippen LogP contribution in [0.3, 0.4) is 0 Å². The van der Waals surface area contributed by atoms with E-state index in [0.717, 1.165) is 12.1 Å². The van der Waals surface area contributed by atoms with E-state index in [1.807, 2.05) is 0 Å². The highest BCUT2D eigenvalue weighted by Crippen LogP contribution is 2.31. The minimum Gasteiger partial charge on any atom is -0.506 e. The van der Waals surface area contributed by atoms with Gasteiger partial charge in [-0.05, 0) is 42.0 Å². The topological polar surface area (TPSA) is 74.6 Å². The minimum absolute atomic E-state index is 0.153. The predicted molar refractivity (Wildman–Crippen MR) is 89.9 cm³/mol. The van der Waals surface area contributed by atoms with Crippen molar-refractivity contribution in [2.45, 2.75) is 0 Å². The number of aromatic carboxylic acids is 1. The zero-order valence-corrected chi connectivity index (χ0v) is 14.0. The van der Waals surface area contributed by atoms with Crippen LogP contribution < -0.4 is 0 Å². The molecule has 2 rings (SSSR count). The van der Waals surface area contributed by atoms with E-state index in [-0.39, 0.29) is 10.0 Å². The number of halogens is 4. The number of carbonyl (C=O) groups is 2. The summed E-state index contributed by atoms with van der Waals surface area (Å²) >= 11 is 17.7. The van der Waals surface area contributed by atoms with Crippen molar-refractivity contribution in [1.29, 1.82) is 0 Å². The smallest absolute Gasteiger partial charge is 0.339 e. The van der Waals surface area contributed by atoms with Crippen LogP contribution in [0.15, 0.2) is 30.3 Å². The van der Waals surface area contributed by atoms with Crippen molar-refractivity contribution >= 4 is 52.6 Å². The van der Waals surface area contributed by atoms with Gasteiger partial charge in [0.25, 0.3) is 0 Å². The first-order chi connectivity index (χ1) is 11.2. The van der Waals surface area contributed by atoms with Crippen molar-refractivity contribution in [1.82, 2.24) is 0 Å². The lowest BCUT2D eigenvalue weighted by molar-refractivity contribution is 0.0693. The Hall–Kier alpha value is -2.08. The van der Waals surface area contributed by atoms with E-state index in [9.17, 15) is 19.1 Å². The number of ketones is 1. The molecule has 0 saturated carbocycles. The molecule has 0 atom stereocenters. The van der Waals surface area contributed by atoms with Gasteiger partial charge < -0.3 is 10.2 Å². The van der Waals surface area contributed by atoms with Crippen LogP contribution in [0.25, 0.3) is 6.08 Å². The van der Waals surface area contributed by atoms with Crippen LogP contribution in [0, 0.1) is 5.82 Å². The second-order valence-electron chi connectivity index (χ2n) is 4.64. The summed E-state index contributed by atoms with van der Waals surface area (Å²) in [5.74, 6) is -4.17. The summed E-state index contributed by atoms with van der Waals surface area (Å²) < 4.78 is 13.5. The number of carboxylic acids is 1. The van der Waals surface area contributed by atoms with Crippen LogP contribution in [-0.4, -0.2) is 22.0 Å². The van der Waals surface area contributed by atoms with Crippen LogP contribution in [0.1, 0.15) is 26.3 Å². The number of rotatable bonds is 4. The van der Waals surface area contributed by atoms with Crippen LogP contribution in [0.5, 0.6) is 5.75 Å². The number of carboxylic acid groups (broad SMARTS) is 1. The molecule has 0 aliphatic heterocycles. The Labute approximate surface area is 150 Å². The number of allylic oxidation sites excluding steroid dienone is 1. The third-order valence-electron chi connectivity index (χ3n) is 3.01. The van der Waals surface area contributed by atoms with Crippen LogP contribution in [0.2, 0.25) is 15.1 Å². The van der Waals surface area contributed by atoms with E-state index in [0.29, 0.717) is 16.7 Å². The maximum atomic E-state index is 13.5. The van der Waals surface area contributed by atoms with E-state index >= 15 is 0 Å². The second kappa shape index (κ2) is 7.21. The quantitative estimate of drug-likeness (QED) is 0.434. The third-order valence-corrected chi connectivity index (χ3v) is 4.04. The fourth-order valence-electron chi connectivity index (χ4n) is 1.90. The predicted octanol–water partition coefficient (Wildman–Crippen LogP) is 5.09. The maximum Gasteiger partial charge on any atom is 0.339 e. The van der Waals surface area contributed by atoms with Gasteiger partial charge in [0, 0.05) is 5.02 Å². The van der Waals surface area contributed by atoms with E-state index in [1.165, 1.54) is 18.2 Å². The largest absolute Gasteiger partial charge is 0.506 e. The summed E-state index contributed by atoms with van der Waals surface area (Å²) in [6.45, 7) is 0. The monoisotopic (exact) mass is 388 g/mol. The molecule has 24 heavy (non-hydrogen) atoms. The van der Waals surface area contributed by atoms with Crippen LogP contribution in [-0.2, 0) is 0 Å². The van der Waals surface area contributed by atoms with Crippen molar-refractivity contribution < 1.29 is 24.2 Å². The van der Waals surface area contributed by atoms with Crippen molar-refractivity contribution in [2.75, 3.05) is 0 Å². The molecular weight excluding hydrogens is 382 g/mol. The van der Waals surface area contributed by atoms with Gasteiger partial charge in [0.05, 0.1) is 15.6 Å². The van der Waals surface area contributed by atoms with Gasteiger partial charge >= 0.3 is 5.97 Å². The summed E-state index contributed by atoms with van der Waals surface area (Å²) in [6.07, 6.45) is 2.27. The number of phenols is 1. The summed E-state index contributed by atoms with van der Waals surface area (Å²) in [6, 6.07) is 4.22. The zero-order valence-electron chi connectivity index (χ0n) is 11.7. The molecule has 0 spiro atoms. The molecule has 0 saturated heterocycles. The Morgan fingerprint density at radius 1 is 1.04 bits per heavy atom. The highest BCUT2D eigenvalue weighted by molar-refractivity contribution is 6.44. The number of carbonyl (C=O) groups excluding carboxylic acids is 1. The zero-order chi connectivity index (χ0) is 18.0. The van der Waals surface area contributed by atoms with Crippen molar-refractivity contribution in [2.24, 2.45) is 0 Å². The molecule has 4 nitrogen and oxygen atoms in total. The van der Waals surface area contributed by atoms with Crippen LogP contribution in [0.4, 0.5) is 4.39 Å². The van der Waals surface area contributed by atoms with Crippen LogP contribution >= 0.6 is 34.8 Å². The molecule has 0 unspecified atom stereocenters. The van der Waals surface area contributed by atoms with E-state index in [2.05, 4.69) is 0 Å². The van der Waals surface area contributed by atoms with Crippen molar-refractivity contribution in [3.05, 3.63) is 67.9 Å². The van der Waals surface area contributed by atoms with E-state index in [1.54, 1.807) is 0 Å². The minimum atomic E-state index is -1.56. The molecule has 2 aromatic rings. The summed E-state index contributed by atoms with van der Waals surface area (Å²) in [5, 5.41) is 19.3. The molecule has 2 N–H and O–H groups in total. The first-order valence-corrected chi connectivity index (χ1v) is 7.47. The molecule has 0 heterocycles. The lowest BCUT2D eigenvalue weighted by Gasteiger charge is -2.05. The van der Waals surface area contributed by atoms with Gasteiger partial charge in [-0.25, -0.2) is 9.18 Å². The van der Waals surface area contributed by atoms with Gasteiger partial charge in [0.1, 0.15) is 17.1 Å². The highest BCUT2D eigenvalue weighted by atomic mass is 35.5. The molecule has 0 amide bonds. The standard InChI is InChI=1S/C16H8Cl3FO4/c17-8-3-7(14(19)12(18)4-8)1-2-13(21)10-5-9(20)6-11(15(10)22)16(23)24/h1-6,22H,(H,23,24)/b2-1+. The van der Waals surface area contributed by atoms with E-state index in [4.69, 9.17) is 39.9 Å². The molecule has 8 heteroatoms. The summed E-state index contributed by atoms with van der Waals surface area (Å²) in [4.78, 5) is 23.1. The molecule has 0 aliphatic rings. The Balaban J connectivity index is 2.43. The molecule has 0 bridgehead atoms. The Bertz CT molecular complexity index is 878. The average molecular weight is 390 g/mol. The molecule has 0 fully saturated rings. The normalized spacial score (nSPS) is 11.0. The highest BCUT2D eigenvalue weighted by Gasteiger charge is 2.19. The molecule has 0 aromatic heterocycles. The van der Waals surface area contributed by atoms with Gasteiger partial charge in [0.15, 0.2) is 5.78 Å². The van der Waals surface area contributed by atoms with Gasteiger partial charge in [-0.15, -0.1) is 0 Å². The SMILES string of the molecule is O=C(O)c1cc(F)cc(C(=O)/C=C/c2cc(Cl)cc(Cl)c2Cl)c1O. The molecular formula is C16H8Cl3FO4. The number of hydrogen-bond acceptors (Lipinski definition) is 3. The number of benzene rings is 2. The second-order valence-corrected chi connectivity index (χ2v) is 5.86. The Morgan fingerprint density at radius 3 is 2.29 bits per heavy atom. The van der Waals surface area contributed by atoms with Gasteiger partial charge in [-0.3, -0.25) is 4.79 Å². The summed E-state index contributed by atoms with van der Waals surface area (Å²) in [7, 11) is 0. The lowest BCUT2D eigenvalue weighted by Crippen LogP contribution is -2.04. The van der Waals surface area contributed by atoms with E-state index < -0.39 is 34.4 Å². The van der Waals surface area contributed by atoms with Gasteiger partial charge in [-0.1, -0.05) is 34.8 Å². The Kier molecular flexibility index (Phi) is 5.49. The average Bonchev–Trinajstić information content (AvgIpc) is 2.50. The third kappa shape index (κ3) is 3.87. The Morgan fingerprint density at radius 2 is 1.67 bits per heavy atom. The lowest BCUT2D eigenvalue weighted by atomic mass is 10.0. The van der Waals surface area contributed by atoms with Crippen molar-refractivity contribution in [3.8, 4) is 5.75 Å². The first-order valence-electron chi connectivity index (χ1n) is 6.33. The molecule has 0 radical (unpaired) electrons. The number of hydrogen-bond donors (Lipinski definition) is 2. The number of aromatic hydroxyl groups is 1. The maximum absolute atomic E-state index is 13.5. The molecule has 124 valence electrons. The molecule has 0 aliphatic carbocycles.